The molecular weight excluding hydrogens is 676 g/mol. The lowest BCUT2D eigenvalue weighted by Crippen LogP contribution is -2.51. The van der Waals surface area contributed by atoms with E-state index in [2.05, 4.69) is 30.6 Å². The van der Waals surface area contributed by atoms with E-state index in [4.69, 9.17) is 21.1 Å². The van der Waals surface area contributed by atoms with E-state index >= 15 is 0 Å². The summed E-state index contributed by atoms with van der Waals surface area (Å²) in [6.07, 6.45) is 8.04. The van der Waals surface area contributed by atoms with Crippen molar-refractivity contribution in [1.82, 2.24) is 34.9 Å². The normalized spacial score (nSPS) is 19.2. The number of amides is 2. The van der Waals surface area contributed by atoms with Gasteiger partial charge < -0.3 is 24.6 Å². The third kappa shape index (κ3) is 7.98. The highest BCUT2D eigenvalue weighted by Crippen LogP contribution is 2.37. The Morgan fingerprint density at radius 3 is 2.50 bits per heavy atom. The van der Waals surface area contributed by atoms with Gasteiger partial charge in [-0.05, 0) is 57.1 Å². The Morgan fingerprint density at radius 1 is 1.08 bits per heavy atom. The highest BCUT2D eigenvalue weighted by molar-refractivity contribution is 6.31. The fourth-order valence-electron chi connectivity index (χ4n) is 6.49. The molecule has 2 amide bonds. The average molecular weight is 716 g/mol. The maximum Gasteiger partial charge on any atom is 0.387 e. The molecule has 1 aromatic heterocycles. The molecule has 0 radical (unpaired) electrons. The van der Waals surface area contributed by atoms with Crippen molar-refractivity contribution < 1.29 is 32.6 Å². The van der Waals surface area contributed by atoms with Crippen LogP contribution in [0.1, 0.15) is 19.8 Å². The summed E-state index contributed by atoms with van der Waals surface area (Å²) in [5, 5.41) is 9.24. The molecule has 2 saturated heterocycles. The number of hydrogen-bond donors (Lipinski definition) is 2. The number of anilines is 1. The van der Waals surface area contributed by atoms with Crippen molar-refractivity contribution in [3.63, 3.8) is 0 Å². The molecule has 50 heavy (non-hydrogen) atoms. The van der Waals surface area contributed by atoms with Gasteiger partial charge in [0, 0.05) is 75.0 Å². The van der Waals surface area contributed by atoms with Gasteiger partial charge >= 0.3 is 12.6 Å². The zero-order valence-electron chi connectivity index (χ0n) is 27.9. The molecule has 0 spiro atoms. The summed E-state index contributed by atoms with van der Waals surface area (Å²) in [6.45, 7) is 4.82. The number of fused-ring (bicyclic) bond motifs is 1. The number of hydrogen-bond acceptors (Lipinski definition) is 11. The lowest BCUT2D eigenvalue weighted by Gasteiger charge is -2.39. The van der Waals surface area contributed by atoms with E-state index < -0.39 is 17.9 Å². The number of esters is 1. The lowest BCUT2D eigenvalue weighted by molar-refractivity contribution is -0.154. The quantitative estimate of drug-likeness (QED) is 0.335. The second-order valence-corrected chi connectivity index (χ2v) is 13.2. The van der Waals surface area contributed by atoms with Crippen LogP contribution in [0.3, 0.4) is 0 Å². The van der Waals surface area contributed by atoms with E-state index in [1.54, 1.807) is 28.4 Å². The lowest BCUT2D eigenvalue weighted by atomic mass is 9.80. The molecule has 0 aliphatic carbocycles. The second kappa shape index (κ2) is 15.2. The van der Waals surface area contributed by atoms with Crippen LogP contribution >= 0.6 is 11.6 Å². The number of likely N-dealkylation sites (tertiary alicyclic amines) is 1. The predicted octanol–water partition coefficient (Wildman–Crippen LogP) is 2.79. The molecule has 2 fully saturated rings. The molecule has 4 aliphatic rings. The van der Waals surface area contributed by atoms with E-state index in [0.717, 1.165) is 39.0 Å². The first-order valence-electron chi connectivity index (χ1n) is 16.4. The highest BCUT2D eigenvalue weighted by Gasteiger charge is 2.38. The van der Waals surface area contributed by atoms with Gasteiger partial charge in [-0.2, -0.15) is 13.9 Å². The Bertz CT molecular complexity index is 1700. The Morgan fingerprint density at radius 2 is 1.80 bits per heavy atom. The van der Waals surface area contributed by atoms with Crippen molar-refractivity contribution in [3.05, 3.63) is 53.1 Å². The van der Waals surface area contributed by atoms with Crippen molar-refractivity contribution >= 4 is 41.3 Å². The largest absolute Gasteiger partial charge is 0.469 e. The fraction of sp³-hybridized carbons (Fsp3) is 0.485. The molecule has 0 atom stereocenters. The van der Waals surface area contributed by atoms with Crippen molar-refractivity contribution in [1.29, 1.82) is 0 Å². The zero-order chi connectivity index (χ0) is 35.4. The van der Waals surface area contributed by atoms with Crippen molar-refractivity contribution in [2.75, 3.05) is 71.3 Å². The third-order valence-corrected chi connectivity index (χ3v) is 9.77. The number of nitrogens with zero attached hydrogens (tertiary/aromatic N) is 7. The van der Waals surface area contributed by atoms with Gasteiger partial charge in [0.25, 0.3) is 5.91 Å². The summed E-state index contributed by atoms with van der Waals surface area (Å²) in [6, 6.07) is 4.13. The minimum Gasteiger partial charge on any atom is -0.469 e. The molecule has 0 unspecified atom stereocenters. The molecule has 0 saturated carbocycles. The number of aromatic nitrogens is 2. The number of aliphatic imine (C=N–C) groups is 1. The molecule has 14 nitrogen and oxygen atoms in total. The molecule has 2 aromatic rings. The maximum absolute atomic E-state index is 13.5. The number of benzene rings is 1. The van der Waals surface area contributed by atoms with Gasteiger partial charge in [-0.3, -0.25) is 29.0 Å². The third-order valence-electron chi connectivity index (χ3n) is 9.53. The number of allylic oxidation sites excluding steroid dienone is 1. The average Bonchev–Trinajstić information content (AvgIpc) is 3.72. The minimum atomic E-state index is -3.11. The molecule has 4 aliphatic heterocycles. The van der Waals surface area contributed by atoms with Gasteiger partial charge in [-0.15, -0.1) is 0 Å². The van der Waals surface area contributed by atoms with Gasteiger partial charge in [0.1, 0.15) is 18.0 Å². The number of alkyl halides is 2. The van der Waals surface area contributed by atoms with Crippen LogP contribution in [0.5, 0.6) is 5.75 Å². The van der Waals surface area contributed by atoms with Crippen LogP contribution in [-0.2, 0) is 25.7 Å². The Hall–Kier alpha value is -4.38. The summed E-state index contributed by atoms with van der Waals surface area (Å²) in [4.78, 5) is 49.8. The highest BCUT2D eigenvalue weighted by atomic mass is 35.5. The van der Waals surface area contributed by atoms with E-state index in [1.165, 1.54) is 36.2 Å². The summed E-state index contributed by atoms with van der Waals surface area (Å²) in [5.74, 6) is -0.564. The van der Waals surface area contributed by atoms with Crippen LogP contribution < -0.4 is 15.5 Å². The summed E-state index contributed by atoms with van der Waals surface area (Å²) < 4.78 is 37.8. The summed E-state index contributed by atoms with van der Waals surface area (Å²) in [5.41, 5.74) is 3.39. The number of hydrazine groups is 1. The topological polar surface area (TPSA) is 137 Å². The van der Waals surface area contributed by atoms with Crippen LogP contribution in [0, 0.1) is 5.41 Å². The summed E-state index contributed by atoms with van der Waals surface area (Å²) >= 11 is 6.25. The smallest absolute Gasteiger partial charge is 0.387 e. The first-order valence-corrected chi connectivity index (χ1v) is 16.8. The first kappa shape index (κ1) is 35.4. The number of ether oxygens (including phenoxy) is 2. The first-order chi connectivity index (χ1) is 24.0. The molecule has 17 heteroatoms. The number of piperidine rings is 1. The number of carbonyl (C=O) groups excluding carboxylic acids is 3. The van der Waals surface area contributed by atoms with Crippen LogP contribution in [0.2, 0.25) is 5.02 Å². The molecule has 1 aromatic carbocycles. The summed E-state index contributed by atoms with van der Waals surface area (Å²) in [7, 11) is 1.43. The number of rotatable bonds is 11. The van der Waals surface area contributed by atoms with E-state index in [9.17, 15) is 23.2 Å². The molecule has 5 heterocycles. The van der Waals surface area contributed by atoms with Crippen molar-refractivity contribution in [3.8, 4) is 17.0 Å². The Labute approximate surface area is 293 Å². The molecular formula is C33H40ClF2N9O5. The van der Waals surface area contributed by atoms with Crippen LogP contribution in [0.15, 0.2) is 53.1 Å². The number of nitrogens with one attached hydrogen (secondary N) is 2. The molecule has 268 valence electrons. The maximum atomic E-state index is 13.5. The standard InChI is InChI=1S/C33H40ClF2N9O5/c1-33(31(48)49-2)6-10-41(11-7-33)12-13-42-14-16-43(17-15-42)27(46)21-44-20-25(39-30(47)24-19-38-45-9-3-8-37-29(24)45)28(40-44)23-18-22(34)4-5-26(23)50-32(35)36/h3-5,8-9,18,20,32,38H,6-7,10-17,19,21H2,1-2H3,(H,39,47). The number of piperazine rings is 1. The van der Waals surface area contributed by atoms with Gasteiger partial charge in [-0.1, -0.05) is 11.6 Å². The van der Waals surface area contributed by atoms with Crippen molar-refractivity contribution in [2.45, 2.75) is 32.9 Å². The van der Waals surface area contributed by atoms with Gasteiger partial charge in [0.15, 0.2) is 5.82 Å². The number of methoxy groups -OCH3 is 1. The minimum absolute atomic E-state index is 0.110. The number of carbonyl (C=O) groups is 3. The van der Waals surface area contributed by atoms with Gasteiger partial charge in [-0.25, -0.2) is 10.4 Å². The zero-order valence-corrected chi connectivity index (χ0v) is 28.7. The van der Waals surface area contributed by atoms with Crippen LogP contribution in [-0.4, -0.2) is 126 Å². The van der Waals surface area contributed by atoms with Crippen molar-refractivity contribution in [2.24, 2.45) is 10.4 Å². The van der Waals surface area contributed by atoms with E-state index in [1.807, 2.05) is 6.92 Å². The van der Waals surface area contributed by atoms with Gasteiger partial charge in [0.05, 0.1) is 23.8 Å². The van der Waals surface area contributed by atoms with E-state index in [0.29, 0.717) is 37.6 Å². The molecule has 6 rings (SSSR count). The number of halogens is 3. The molecule has 0 bridgehead atoms. The fourth-order valence-corrected chi connectivity index (χ4v) is 6.66. The monoisotopic (exact) mass is 715 g/mol. The SMILES string of the molecule is COC(=O)C1(C)CCN(CCN2CCN(C(=O)Cn3cc(NC(=O)C4=C5N=CC=CN5NC4)c(-c4cc(Cl)ccc4OC(F)F)n3)CC2)CC1. The molecule has 2 N–H and O–H groups in total. The van der Waals surface area contributed by atoms with Crippen LogP contribution in [0.25, 0.3) is 11.3 Å². The second-order valence-electron chi connectivity index (χ2n) is 12.8. The van der Waals surface area contributed by atoms with Crippen LogP contribution in [0.4, 0.5) is 14.5 Å². The Balaban J connectivity index is 1.11. The van der Waals surface area contributed by atoms with Gasteiger partial charge in [0.2, 0.25) is 5.91 Å². The Kier molecular flexibility index (Phi) is 10.8. The predicted molar refractivity (Wildman–Crippen MR) is 181 cm³/mol. The van der Waals surface area contributed by atoms with E-state index in [-0.39, 0.29) is 52.7 Å².